The quantitative estimate of drug-likeness (QED) is 0.707. The van der Waals surface area contributed by atoms with Gasteiger partial charge in [-0.3, -0.25) is 5.10 Å². The molecule has 114 valence electrons. The van der Waals surface area contributed by atoms with Crippen LogP contribution in [0, 0.1) is 0 Å². The summed E-state index contributed by atoms with van der Waals surface area (Å²) in [6.45, 7) is 4.21. The monoisotopic (exact) mass is 314 g/mol. The Morgan fingerprint density at radius 2 is 2.09 bits per heavy atom. The van der Waals surface area contributed by atoms with Crippen molar-refractivity contribution in [1.82, 2.24) is 30.2 Å². The Labute approximate surface area is 133 Å². The first-order valence-corrected chi connectivity index (χ1v) is 8.20. The highest BCUT2D eigenvalue weighted by Crippen LogP contribution is 2.31. The van der Waals surface area contributed by atoms with Gasteiger partial charge in [-0.2, -0.15) is 0 Å². The van der Waals surface area contributed by atoms with Gasteiger partial charge in [0.2, 0.25) is 5.16 Å². The lowest BCUT2D eigenvalue weighted by molar-refractivity contribution is 0.797. The molecule has 1 N–H and O–H groups in total. The molecule has 0 bridgehead atoms. The van der Waals surface area contributed by atoms with E-state index in [-0.39, 0.29) is 5.25 Å². The summed E-state index contributed by atoms with van der Waals surface area (Å²) in [5, 5.41) is 16.6. The van der Waals surface area contributed by atoms with Gasteiger partial charge in [0.15, 0.2) is 0 Å². The second-order valence-corrected chi connectivity index (χ2v) is 6.31. The Morgan fingerprint density at radius 1 is 1.27 bits per heavy atom. The fraction of sp³-hybridized carbons (Fsp3) is 0.333. The summed E-state index contributed by atoms with van der Waals surface area (Å²) >= 11 is 1.58. The van der Waals surface area contributed by atoms with Gasteiger partial charge in [0, 0.05) is 6.42 Å². The van der Waals surface area contributed by atoms with Crippen molar-refractivity contribution >= 4 is 11.8 Å². The van der Waals surface area contributed by atoms with E-state index in [4.69, 9.17) is 0 Å². The smallest absolute Gasteiger partial charge is 0.209 e. The number of aryl methyl sites for hydroxylation is 1. The summed E-state index contributed by atoms with van der Waals surface area (Å²) in [7, 11) is 0. The van der Waals surface area contributed by atoms with Crippen molar-refractivity contribution in [1.29, 1.82) is 0 Å². The molecule has 22 heavy (non-hydrogen) atoms. The van der Waals surface area contributed by atoms with E-state index in [1.54, 1.807) is 16.4 Å². The van der Waals surface area contributed by atoms with Crippen molar-refractivity contribution in [3.63, 3.8) is 0 Å². The summed E-state index contributed by atoms with van der Waals surface area (Å²) in [5.74, 6) is 0.935. The molecule has 0 amide bonds. The minimum absolute atomic E-state index is 0.141. The van der Waals surface area contributed by atoms with Gasteiger partial charge >= 0.3 is 0 Å². The van der Waals surface area contributed by atoms with Crippen molar-refractivity contribution in [2.45, 2.75) is 37.1 Å². The van der Waals surface area contributed by atoms with E-state index in [0.717, 1.165) is 35.2 Å². The van der Waals surface area contributed by atoms with Crippen LogP contribution in [0.1, 0.15) is 37.0 Å². The molecule has 1 aromatic carbocycles. The highest BCUT2D eigenvalue weighted by Gasteiger charge is 2.15. The number of hydrogen-bond acceptors (Lipinski definition) is 5. The Hall–Kier alpha value is -2.15. The van der Waals surface area contributed by atoms with E-state index in [1.807, 2.05) is 36.5 Å². The molecule has 0 fully saturated rings. The highest BCUT2D eigenvalue weighted by atomic mass is 32.2. The standard InChI is InChI=1S/C15H18N6S/c1-3-7-14-16-15(19-18-14)22-11(2)13-10-21(20-17-13)12-8-5-4-6-9-12/h4-6,8-11H,3,7H2,1-2H3,(H,16,18,19)/t11-/m1/s1. The minimum Gasteiger partial charge on any atom is -0.262 e. The normalized spacial score (nSPS) is 12.5. The molecule has 0 aliphatic heterocycles. The molecule has 3 rings (SSSR count). The lowest BCUT2D eigenvalue weighted by Crippen LogP contribution is -1.93. The summed E-state index contributed by atoms with van der Waals surface area (Å²) in [5.41, 5.74) is 1.91. The van der Waals surface area contributed by atoms with Gasteiger partial charge in [-0.15, -0.1) is 10.2 Å². The lowest BCUT2D eigenvalue weighted by atomic mass is 10.3. The van der Waals surface area contributed by atoms with Crippen molar-refractivity contribution in [3.8, 4) is 5.69 Å². The van der Waals surface area contributed by atoms with E-state index >= 15 is 0 Å². The van der Waals surface area contributed by atoms with Crippen molar-refractivity contribution in [2.24, 2.45) is 0 Å². The van der Waals surface area contributed by atoms with E-state index in [1.165, 1.54) is 0 Å². The summed E-state index contributed by atoms with van der Waals surface area (Å²) in [4.78, 5) is 4.47. The van der Waals surface area contributed by atoms with Crippen LogP contribution in [0.15, 0.2) is 41.7 Å². The van der Waals surface area contributed by atoms with Crippen LogP contribution in [0.3, 0.4) is 0 Å². The third-order valence-electron chi connectivity index (χ3n) is 3.23. The summed E-state index contributed by atoms with van der Waals surface area (Å²) in [6, 6.07) is 9.96. The number of H-pyrrole nitrogens is 1. The number of para-hydroxylation sites is 1. The molecule has 0 saturated carbocycles. The number of nitrogens with zero attached hydrogens (tertiary/aromatic N) is 5. The molecule has 3 aromatic rings. The zero-order valence-corrected chi connectivity index (χ0v) is 13.4. The van der Waals surface area contributed by atoms with Crippen LogP contribution in [0.5, 0.6) is 0 Å². The van der Waals surface area contributed by atoms with E-state index in [2.05, 4.69) is 39.3 Å². The predicted molar refractivity (Wildman–Crippen MR) is 86.0 cm³/mol. The third-order valence-corrected chi connectivity index (χ3v) is 4.22. The molecule has 1 atom stereocenters. The molecule has 2 aromatic heterocycles. The van der Waals surface area contributed by atoms with Crippen LogP contribution in [0.4, 0.5) is 0 Å². The van der Waals surface area contributed by atoms with Gasteiger partial charge in [0.1, 0.15) is 5.82 Å². The minimum atomic E-state index is 0.141. The molecule has 0 saturated heterocycles. The largest absolute Gasteiger partial charge is 0.262 e. The zero-order chi connectivity index (χ0) is 15.4. The molecular weight excluding hydrogens is 296 g/mol. The van der Waals surface area contributed by atoms with Crippen LogP contribution in [0.25, 0.3) is 5.69 Å². The van der Waals surface area contributed by atoms with E-state index in [9.17, 15) is 0 Å². The van der Waals surface area contributed by atoms with Gasteiger partial charge in [0.25, 0.3) is 0 Å². The Morgan fingerprint density at radius 3 is 2.86 bits per heavy atom. The first-order chi connectivity index (χ1) is 10.8. The predicted octanol–water partition coefficient (Wildman–Crippen LogP) is 3.19. The van der Waals surface area contributed by atoms with Crippen molar-refractivity contribution in [3.05, 3.63) is 48.0 Å². The molecule has 2 heterocycles. The molecule has 7 heteroatoms. The zero-order valence-electron chi connectivity index (χ0n) is 12.6. The average molecular weight is 314 g/mol. The number of thioether (sulfide) groups is 1. The van der Waals surface area contributed by atoms with Crippen LogP contribution in [-0.2, 0) is 6.42 Å². The number of aromatic nitrogens is 6. The molecule has 6 nitrogen and oxygen atoms in total. The highest BCUT2D eigenvalue weighted by molar-refractivity contribution is 7.99. The lowest BCUT2D eigenvalue weighted by Gasteiger charge is -2.03. The van der Waals surface area contributed by atoms with Gasteiger partial charge in [-0.1, -0.05) is 42.1 Å². The van der Waals surface area contributed by atoms with Crippen LogP contribution in [0.2, 0.25) is 0 Å². The molecule has 0 aliphatic carbocycles. The SMILES string of the molecule is CCCc1nc(S[C@H](C)c2cn(-c3ccccc3)nn2)n[nH]1. The summed E-state index contributed by atoms with van der Waals surface area (Å²) < 4.78 is 1.78. The molecular formula is C15H18N6S. The molecule has 0 unspecified atom stereocenters. The molecule has 0 spiro atoms. The average Bonchev–Trinajstić information content (AvgIpc) is 3.18. The number of hydrogen-bond donors (Lipinski definition) is 1. The first kappa shape index (κ1) is 14.8. The second-order valence-electron chi connectivity index (χ2n) is 5.00. The Balaban J connectivity index is 1.70. The first-order valence-electron chi connectivity index (χ1n) is 7.32. The molecule has 0 aliphatic rings. The number of nitrogens with one attached hydrogen (secondary N) is 1. The third kappa shape index (κ3) is 3.36. The number of aromatic amines is 1. The Kier molecular flexibility index (Phi) is 4.53. The van der Waals surface area contributed by atoms with Gasteiger partial charge in [-0.25, -0.2) is 9.67 Å². The van der Waals surface area contributed by atoms with Gasteiger partial charge < -0.3 is 0 Å². The fourth-order valence-electron chi connectivity index (χ4n) is 2.07. The van der Waals surface area contributed by atoms with E-state index in [0.29, 0.717) is 0 Å². The maximum absolute atomic E-state index is 4.47. The molecule has 0 radical (unpaired) electrons. The van der Waals surface area contributed by atoms with Crippen molar-refractivity contribution in [2.75, 3.05) is 0 Å². The van der Waals surface area contributed by atoms with Crippen LogP contribution >= 0.6 is 11.8 Å². The van der Waals surface area contributed by atoms with Crippen LogP contribution in [-0.4, -0.2) is 30.2 Å². The van der Waals surface area contributed by atoms with Gasteiger partial charge in [0.05, 0.1) is 22.8 Å². The van der Waals surface area contributed by atoms with Gasteiger partial charge in [-0.05, 0) is 25.5 Å². The number of benzene rings is 1. The maximum atomic E-state index is 4.47. The Bertz CT molecular complexity index is 720. The fourth-order valence-corrected chi connectivity index (χ4v) is 2.87. The topological polar surface area (TPSA) is 72.3 Å². The van der Waals surface area contributed by atoms with E-state index < -0.39 is 0 Å². The maximum Gasteiger partial charge on any atom is 0.209 e. The van der Waals surface area contributed by atoms with Crippen LogP contribution < -0.4 is 0 Å². The second kappa shape index (κ2) is 6.74. The number of rotatable bonds is 6. The van der Waals surface area contributed by atoms with Crippen molar-refractivity contribution < 1.29 is 0 Å². The summed E-state index contributed by atoms with van der Waals surface area (Å²) in [6.07, 6.45) is 3.93.